The lowest BCUT2D eigenvalue weighted by Gasteiger charge is -2.38. The van der Waals surface area contributed by atoms with Gasteiger partial charge in [0.2, 0.25) is 5.91 Å². The van der Waals surface area contributed by atoms with E-state index in [9.17, 15) is 19.5 Å². The van der Waals surface area contributed by atoms with Crippen LogP contribution >= 0.6 is 11.6 Å². The zero-order valence-electron chi connectivity index (χ0n) is 17.1. The van der Waals surface area contributed by atoms with E-state index in [1.807, 2.05) is 31.2 Å². The Balaban J connectivity index is 1.82. The van der Waals surface area contributed by atoms with Gasteiger partial charge in [-0.05, 0) is 55.7 Å². The fraction of sp³-hybridized carbons (Fsp3) is 0.292. The number of allylic oxidation sites excluding steroid dienone is 2. The quantitative estimate of drug-likeness (QED) is 0.711. The molecule has 7 heteroatoms. The second kappa shape index (κ2) is 8.55. The maximum Gasteiger partial charge on any atom is 0.335 e. The molecule has 160 valence electrons. The molecule has 1 unspecified atom stereocenters. The predicted molar refractivity (Wildman–Crippen MR) is 117 cm³/mol. The predicted octanol–water partition coefficient (Wildman–Crippen LogP) is 4.96. The Bertz CT molecular complexity index is 1090. The van der Waals surface area contributed by atoms with Crippen LogP contribution in [0.3, 0.4) is 0 Å². The van der Waals surface area contributed by atoms with Gasteiger partial charge in [0.15, 0.2) is 5.78 Å². The minimum Gasteiger partial charge on any atom is -0.494 e. The molecular weight excluding hydrogens is 418 g/mol. The normalized spacial score (nSPS) is 18.8. The number of aromatic carboxylic acids is 1. The third-order valence-corrected chi connectivity index (χ3v) is 6.02. The van der Waals surface area contributed by atoms with Crippen LogP contribution in [0, 0.1) is 0 Å². The molecule has 6 nitrogen and oxygen atoms in total. The molecular formula is C24H22ClNO5. The van der Waals surface area contributed by atoms with Gasteiger partial charge in [0, 0.05) is 30.0 Å². The number of ketones is 1. The smallest absolute Gasteiger partial charge is 0.335 e. The third-order valence-electron chi connectivity index (χ3n) is 5.70. The molecule has 1 amide bonds. The van der Waals surface area contributed by atoms with E-state index >= 15 is 0 Å². The average Bonchev–Trinajstić information content (AvgIpc) is 2.75. The van der Waals surface area contributed by atoms with Gasteiger partial charge in [0.25, 0.3) is 0 Å². The van der Waals surface area contributed by atoms with E-state index in [2.05, 4.69) is 0 Å². The van der Waals surface area contributed by atoms with Crippen molar-refractivity contribution in [2.24, 2.45) is 0 Å². The van der Waals surface area contributed by atoms with Gasteiger partial charge in [-0.15, -0.1) is 0 Å². The molecule has 0 spiro atoms. The van der Waals surface area contributed by atoms with Crippen molar-refractivity contribution in [1.29, 1.82) is 0 Å². The van der Waals surface area contributed by atoms with Crippen molar-refractivity contribution in [3.05, 3.63) is 69.9 Å². The molecule has 1 aliphatic carbocycles. The van der Waals surface area contributed by atoms with E-state index in [1.54, 1.807) is 0 Å². The van der Waals surface area contributed by atoms with Gasteiger partial charge in [0.05, 0.1) is 22.9 Å². The van der Waals surface area contributed by atoms with Crippen LogP contribution in [-0.4, -0.2) is 29.4 Å². The van der Waals surface area contributed by atoms with Crippen molar-refractivity contribution >= 4 is 34.9 Å². The van der Waals surface area contributed by atoms with Crippen molar-refractivity contribution < 1.29 is 24.2 Å². The third kappa shape index (κ3) is 3.95. The molecule has 0 radical (unpaired) electrons. The Morgan fingerprint density at radius 3 is 2.58 bits per heavy atom. The zero-order chi connectivity index (χ0) is 22.1. The number of ether oxygens (including phenoxy) is 1. The number of nitrogens with zero attached hydrogens (tertiary/aromatic N) is 1. The van der Waals surface area contributed by atoms with E-state index in [0.29, 0.717) is 42.8 Å². The number of benzene rings is 2. The summed E-state index contributed by atoms with van der Waals surface area (Å²) in [7, 11) is 0. The molecule has 0 saturated heterocycles. The first kappa shape index (κ1) is 21.1. The molecule has 31 heavy (non-hydrogen) atoms. The van der Waals surface area contributed by atoms with Crippen LogP contribution < -0.4 is 9.64 Å². The lowest BCUT2D eigenvalue weighted by atomic mass is 9.77. The summed E-state index contributed by atoms with van der Waals surface area (Å²) in [5, 5.41) is 9.63. The van der Waals surface area contributed by atoms with E-state index in [0.717, 1.165) is 11.3 Å². The van der Waals surface area contributed by atoms with Crippen molar-refractivity contribution in [2.75, 3.05) is 11.5 Å². The Labute approximate surface area is 185 Å². The highest BCUT2D eigenvalue weighted by Crippen LogP contribution is 2.45. The topological polar surface area (TPSA) is 83.9 Å². The molecule has 1 aliphatic heterocycles. The monoisotopic (exact) mass is 439 g/mol. The Morgan fingerprint density at radius 1 is 1.16 bits per heavy atom. The fourth-order valence-corrected chi connectivity index (χ4v) is 4.54. The van der Waals surface area contributed by atoms with Crippen LogP contribution in [0.5, 0.6) is 5.75 Å². The molecule has 2 aliphatic rings. The zero-order valence-corrected chi connectivity index (χ0v) is 17.8. The maximum atomic E-state index is 13.3. The number of Topliss-reactive ketones (excluding diaryl/α,β-unsaturated/α-hetero) is 1. The second-order valence-electron chi connectivity index (χ2n) is 7.60. The van der Waals surface area contributed by atoms with Crippen LogP contribution in [0.2, 0.25) is 5.02 Å². The lowest BCUT2D eigenvalue weighted by Crippen LogP contribution is -2.40. The summed E-state index contributed by atoms with van der Waals surface area (Å²) < 4.78 is 5.50. The first-order chi connectivity index (χ1) is 14.9. The van der Waals surface area contributed by atoms with Gasteiger partial charge in [-0.1, -0.05) is 23.7 Å². The lowest BCUT2D eigenvalue weighted by molar-refractivity contribution is -0.119. The maximum absolute atomic E-state index is 13.3. The number of carboxylic acid groups (broad SMARTS) is 1. The minimum absolute atomic E-state index is 0.0168. The summed E-state index contributed by atoms with van der Waals surface area (Å²) in [6.45, 7) is 2.46. The van der Waals surface area contributed by atoms with Crippen molar-refractivity contribution in [3.63, 3.8) is 0 Å². The number of anilines is 1. The van der Waals surface area contributed by atoms with E-state index in [-0.39, 0.29) is 34.6 Å². The van der Waals surface area contributed by atoms with Crippen molar-refractivity contribution in [1.82, 2.24) is 0 Å². The summed E-state index contributed by atoms with van der Waals surface area (Å²) in [6, 6.07) is 11.7. The van der Waals surface area contributed by atoms with E-state index in [1.165, 1.54) is 23.1 Å². The van der Waals surface area contributed by atoms with Gasteiger partial charge < -0.3 is 9.84 Å². The number of hydrogen-bond donors (Lipinski definition) is 1. The summed E-state index contributed by atoms with van der Waals surface area (Å²) in [6.07, 6.45) is 1.71. The highest BCUT2D eigenvalue weighted by molar-refractivity contribution is 6.34. The van der Waals surface area contributed by atoms with Gasteiger partial charge in [-0.25, -0.2) is 4.79 Å². The number of carbonyl (C=O) groups is 3. The molecule has 4 rings (SSSR count). The number of carbonyl (C=O) groups excluding carboxylic acids is 2. The fourth-order valence-electron chi connectivity index (χ4n) is 4.34. The number of amides is 1. The molecule has 1 heterocycles. The van der Waals surface area contributed by atoms with E-state index < -0.39 is 5.97 Å². The molecule has 0 saturated carbocycles. The van der Waals surface area contributed by atoms with Crippen LogP contribution in [-0.2, 0) is 9.59 Å². The summed E-state index contributed by atoms with van der Waals surface area (Å²) >= 11 is 6.36. The first-order valence-corrected chi connectivity index (χ1v) is 10.6. The van der Waals surface area contributed by atoms with Gasteiger partial charge in [-0.3, -0.25) is 14.5 Å². The number of rotatable bonds is 5. The van der Waals surface area contributed by atoms with Gasteiger partial charge in [0.1, 0.15) is 5.75 Å². The Kier molecular flexibility index (Phi) is 5.83. The Morgan fingerprint density at radius 2 is 1.90 bits per heavy atom. The van der Waals surface area contributed by atoms with Crippen LogP contribution in [0.15, 0.2) is 53.7 Å². The first-order valence-electron chi connectivity index (χ1n) is 10.3. The summed E-state index contributed by atoms with van der Waals surface area (Å²) in [4.78, 5) is 39.2. The van der Waals surface area contributed by atoms with Crippen LogP contribution in [0.25, 0.3) is 0 Å². The van der Waals surface area contributed by atoms with Crippen molar-refractivity contribution in [3.8, 4) is 5.75 Å². The second-order valence-corrected chi connectivity index (χ2v) is 8.00. The number of hydrogen-bond acceptors (Lipinski definition) is 4. The largest absolute Gasteiger partial charge is 0.494 e. The molecule has 0 bridgehead atoms. The molecule has 1 N–H and O–H groups in total. The number of halogens is 1. The van der Waals surface area contributed by atoms with Crippen LogP contribution in [0.4, 0.5) is 5.69 Å². The SMILES string of the molecule is CCOc1ccc(C2CC(=O)N(c3cc(C(=O)O)ccc3Cl)C3=C2C(=O)CCC3)cc1. The number of carboxylic acids is 1. The van der Waals surface area contributed by atoms with Gasteiger partial charge in [-0.2, -0.15) is 0 Å². The molecule has 0 fully saturated rings. The Hall–Kier alpha value is -3.12. The minimum atomic E-state index is -1.11. The summed E-state index contributed by atoms with van der Waals surface area (Å²) in [5.41, 5.74) is 2.45. The van der Waals surface area contributed by atoms with E-state index in [4.69, 9.17) is 16.3 Å². The van der Waals surface area contributed by atoms with Crippen LogP contribution in [0.1, 0.15) is 54.4 Å². The molecule has 2 aromatic carbocycles. The molecule has 1 atom stereocenters. The molecule has 0 aromatic heterocycles. The van der Waals surface area contributed by atoms with Gasteiger partial charge >= 0.3 is 5.97 Å². The molecule has 2 aromatic rings. The highest BCUT2D eigenvalue weighted by Gasteiger charge is 2.40. The van der Waals surface area contributed by atoms with Crippen molar-refractivity contribution in [2.45, 2.75) is 38.5 Å². The standard InChI is InChI=1S/C24H22ClNO5/c1-2-31-16-9-6-14(7-10-16)17-13-22(28)26(19-4-3-5-21(27)23(17)19)20-12-15(24(29)30)8-11-18(20)25/h6-12,17H,2-5,13H2,1H3,(H,29,30). The highest BCUT2D eigenvalue weighted by atomic mass is 35.5. The average molecular weight is 440 g/mol. The summed E-state index contributed by atoms with van der Waals surface area (Å²) in [5.74, 6) is -0.913.